The Kier molecular flexibility index (Phi) is 4.43. The molecule has 96 valence electrons. The van der Waals surface area contributed by atoms with E-state index in [1.807, 2.05) is 37.3 Å². The Bertz CT molecular complexity index is 600. The normalized spacial score (nSPS) is 9.95. The molecule has 0 saturated heterocycles. The van der Waals surface area contributed by atoms with E-state index in [-0.39, 0.29) is 0 Å². The average molecular weight is 269 g/mol. The Morgan fingerprint density at radius 3 is 2.79 bits per heavy atom. The van der Waals surface area contributed by atoms with Crippen molar-refractivity contribution in [3.8, 4) is 6.07 Å². The molecule has 4 heteroatoms. The summed E-state index contributed by atoms with van der Waals surface area (Å²) in [4.78, 5) is 5.25. The number of rotatable bonds is 4. The summed E-state index contributed by atoms with van der Waals surface area (Å²) < 4.78 is 0. The molecular formula is C15H15N3S. The number of hydrogen-bond acceptors (Lipinski definition) is 4. The van der Waals surface area contributed by atoms with Crippen LogP contribution in [-0.2, 0) is 0 Å². The second-order valence-electron chi connectivity index (χ2n) is 4.04. The topological polar surface area (TPSA) is 48.7 Å². The van der Waals surface area contributed by atoms with Gasteiger partial charge in [-0.3, -0.25) is 4.98 Å². The molecule has 1 heterocycles. The van der Waals surface area contributed by atoms with E-state index in [1.54, 1.807) is 18.0 Å². The summed E-state index contributed by atoms with van der Waals surface area (Å²) in [6, 6.07) is 12.0. The van der Waals surface area contributed by atoms with Crippen LogP contribution in [0.15, 0.2) is 41.4 Å². The molecule has 2 rings (SSSR count). The second-order valence-corrected chi connectivity index (χ2v) is 5.34. The molecule has 0 atom stereocenters. The molecule has 0 fully saturated rings. The van der Waals surface area contributed by atoms with E-state index >= 15 is 0 Å². The minimum Gasteiger partial charge on any atom is -0.353 e. The molecule has 0 aliphatic heterocycles. The lowest BCUT2D eigenvalue weighted by atomic mass is 10.2. The van der Waals surface area contributed by atoms with E-state index in [0.717, 1.165) is 27.7 Å². The third-order valence-corrected chi connectivity index (χ3v) is 3.57. The largest absolute Gasteiger partial charge is 0.353 e. The van der Waals surface area contributed by atoms with E-state index in [9.17, 15) is 5.26 Å². The van der Waals surface area contributed by atoms with Crippen molar-refractivity contribution >= 4 is 23.1 Å². The molecule has 0 radical (unpaired) electrons. The third kappa shape index (κ3) is 3.27. The van der Waals surface area contributed by atoms with Gasteiger partial charge in [-0.2, -0.15) is 5.26 Å². The lowest BCUT2D eigenvalue weighted by molar-refractivity contribution is 1.20. The smallest absolute Gasteiger partial charge is 0.103 e. The molecule has 19 heavy (non-hydrogen) atoms. The maximum atomic E-state index is 9.33. The molecule has 1 N–H and O–H groups in total. The quantitative estimate of drug-likeness (QED) is 0.848. The summed E-state index contributed by atoms with van der Waals surface area (Å²) in [6.45, 7) is 4.03. The van der Waals surface area contributed by atoms with Gasteiger partial charge in [0.2, 0.25) is 0 Å². The molecule has 0 spiro atoms. The molecule has 0 aliphatic rings. The number of thioether (sulfide) groups is 1. The summed E-state index contributed by atoms with van der Waals surface area (Å²) in [6.07, 6.45) is 1.77. The maximum Gasteiger partial charge on any atom is 0.103 e. The lowest BCUT2D eigenvalue weighted by Crippen LogP contribution is -1.96. The molecule has 0 unspecified atom stereocenters. The first-order valence-electron chi connectivity index (χ1n) is 6.10. The first kappa shape index (κ1) is 13.4. The van der Waals surface area contributed by atoms with Gasteiger partial charge in [0.05, 0.1) is 23.1 Å². The molecule has 2 aromatic rings. The Morgan fingerprint density at radius 1 is 1.32 bits per heavy atom. The van der Waals surface area contributed by atoms with E-state index in [0.29, 0.717) is 5.56 Å². The third-order valence-electron chi connectivity index (χ3n) is 2.63. The molecule has 0 saturated carbocycles. The number of aryl methyl sites for hydroxylation is 1. The van der Waals surface area contributed by atoms with Gasteiger partial charge in [-0.25, -0.2) is 0 Å². The molecule has 1 aromatic carbocycles. The van der Waals surface area contributed by atoms with Crippen LogP contribution in [0.25, 0.3) is 0 Å². The van der Waals surface area contributed by atoms with E-state index in [2.05, 4.69) is 23.3 Å². The van der Waals surface area contributed by atoms with Crippen molar-refractivity contribution in [1.29, 1.82) is 5.26 Å². The number of benzene rings is 1. The van der Waals surface area contributed by atoms with Crippen molar-refractivity contribution in [2.75, 3.05) is 11.1 Å². The van der Waals surface area contributed by atoms with E-state index < -0.39 is 0 Å². The number of hydrogen-bond donors (Lipinski definition) is 1. The second kappa shape index (κ2) is 6.26. The fourth-order valence-corrected chi connectivity index (χ4v) is 2.51. The van der Waals surface area contributed by atoms with Crippen molar-refractivity contribution in [2.24, 2.45) is 0 Å². The van der Waals surface area contributed by atoms with E-state index in [1.165, 1.54) is 0 Å². The highest BCUT2D eigenvalue weighted by Gasteiger charge is 2.08. The Hall–Kier alpha value is -1.99. The van der Waals surface area contributed by atoms with Crippen LogP contribution in [0, 0.1) is 18.3 Å². The van der Waals surface area contributed by atoms with Crippen LogP contribution in [0.1, 0.15) is 18.2 Å². The number of nitrogens with zero attached hydrogens (tertiary/aromatic N) is 2. The summed E-state index contributed by atoms with van der Waals surface area (Å²) in [5.41, 5.74) is 3.38. The van der Waals surface area contributed by atoms with Gasteiger partial charge in [-0.05, 0) is 36.9 Å². The fraction of sp³-hybridized carbons (Fsp3) is 0.200. The molecule has 0 bridgehead atoms. The molecule has 3 nitrogen and oxygen atoms in total. The van der Waals surface area contributed by atoms with Gasteiger partial charge in [-0.1, -0.05) is 13.0 Å². The Morgan fingerprint density at radius 2 is 2.16 bits per heavy atom. The first-order valence-corrected chi connectivity index (χ1v) is 7.08. The van der Waals surface area contributed by atoms with Crippen LogP contribution >= 0.6 is 11.8 Å². The number of nitriles is 1. The van der Waals surface area contributed by atoms with Crippen LogP contribution in [0.2, 0.25) is 0 Å². The van der Waals surface area contributed by atoms with Gasteiger partial charge in [0.1, 0.15) is 6.07 Å². The number of aromatic nitrogens is 1. The zero-order valence-corrected chi connectivity index (χ0v) is 11.8. The SMILES string of the molecule is CCSc1cccc(Nc2ccc(C)nc2)c1C#N. The van der Waals surface area contributed by atoms with Gasteiger partial charge in [0.15, 0.2) is 0 Å². The highest BCUT2D eigenvalue weighted by molar-refractivity contribution is 7.99. The summed E-state index contributed by atoms with van der Waals surface area (Å²) >= 11 is 1.68. The number of pyridine rings is 1. The van der Waals surface area contributed by atoms with Crippen LogP contribution < -0.4 is 5.32 Å². The average Bonchev–Trinajstić information content (AvgIpc) is 2.42. The Balaban J connectivity index is 2.32. The molecular weight excluding hydrogens is 254 g/mol. The van der Waals surface area contributed by atoms with E-state index in [4.69, 9.17) is 0 Å². The minimum atomic E-state index is 0.690. The van der Waals surface area contributed by atoms with Crippen LogP contribution in [0.3, 0.4) is 0 Å². The summed E-state index contributed by atoms with van der Waals surface area (Å²) in [5, 5.41) is 12.6. The van der Waals surface area contributed by atoms with Gasteiger partial charge in [-0.15, -0.1) is 11.8 Å². The highest BCUT2D eigenvalue weighted by atomic mass is 32.2. The predicted molar refractivity (Wildman–Crippen MR) is 79.8 cm³/mol. The summed E-state index contributed by atoms with van der Waals surface area (Å²) in [5.74, 6) is 0.949. The van der Waals surface area contributed by atoms with Gasteiger partial charge in [0.25, 0.3) is 0 Å². The first-order chi connectivity index (χ1) is 9.24. The number of anilines is 2. The molecule has 0 aliphatic carbocycles. The lowest BCUT2D eigenvalue weighted by Gasteiger charge is -2.10. The van der Waals surface area contributed by atoms with Gasteiger partial charge < -0.3 is 5.32 Å². The standard InChI is InChI=1S/C15H15N3S/c1-3-19-15-6-4-5-14(13(15)9-16)18-12-8-7-11(2)17-10-12/h4-8,10,18H,3H2,1-2H3. The van der Waals surface area contributed by atoms with Crippen molar-refractivity contribution in [1.82, 2.24) is 4.98 Å². The summed E-state index contributed by atoms with van der Waals surface area (Å²) in [7, 11) is 0. The zero-order chi connectivity index (χ0) is 13.7. The maximum absolute atomic E-state index is 9.33. The van der Waals surface area contributed by atoms with Gasteiger partial charge >= 0.3 is 0 Å². The van der Waals surface area contributed by atoms with Crippen LogP contribution in [0.4, 0.5) is 11.4 Å². The fourth-order valence-electron chi connectivity index (χ4n) is 1.72. The molecule has 0 amide bonds. The minimum absolute atomic E-state index is 0.690. The van der Waals surface area contributed by atoms with Crippen LogP contribution in [0.5, 0.6) is 0 Å². The molecule has 1 aromatic heterocycles. The van der Waals surface area contributed by atoms with Gasteiger partial charge in [0, 0.05) is 10.6 Å². The highest BCUT2D eigenvalue weighted by Crippen LogP contribution is 2.29. The Labute approximate surface area is 117 Å². The predicted octanol–water partition coefficient (Wildman–Crippen LogP) is 4.12. The zero-order valence-electron chi connectivity index (χ0n) is 11.0. The van der Waals surface area contributed by atoms with Crippen molar-refractivity contribution < 1.29 is 0 Å². The van der Waals surface area contributed by atoms with Crippen molar-refractivity contribution in [3.63, 3.8) is 0 Å². The van der Waals surface area contributed by atoms with Crippen molar-refractivity contribution in [2.45, 2.75) is 18.7 Å². The van der Waals surface area contributed by atoms with Crippen molar-refractivity contribution in [3.05, 3.63) is 47.8 Å². The monoisotopic (exact) mass is 269 g/mol. The van der Waals surface area contributed by atoms with Crippen LogP contribution in [-0.4, -0.2) is 10.7 Å². The number of nitrogens with one attached hydrogen (secondary N) is 1.